The molecule has 1 aromatic carbocycles. The number of carbonyl (C=O) groups is 1. The maximum atomic E-state index is 12.6. The highest BCUT2D eigenvalue weighted by Gasteiger charge is 2.26. The Morgan fingerprint density at radius 3 is 2.70 bits per heavy atom. The number of ether oxygens (including phenoxy) is 1. The van der Waals surface area contributed by atoms with Crippen LogP contribution < -0.4 is 4.74 Å². The summed E-state index contributed by atoms with van der Waals surface area (Å²) in [4.78, 5) is 14.3. The Kier molecular flexibility index (Phi) is 4.98. The summed E-state index contributed by atoms with van der Waals surface area (Å²) in [5, 5.41) is 8.61. The highest BCUT2D eigenvalue weighted by atomic mass is 35.5. The molecule has 0 N–H and O–H groups in total. The molecule has 1 aromatic heterocycles. The third kappa shape index (κ3) is 3.92. The van der Waals surface area contributed by atoms with Gasteiger partial charge in [-0.2, -0.15) is 5.10 Å². The van der Waals surface area contributed by atoms with Crippen LogP contribution in [-0.2, 0) is 0 Å². The molecule has 0 unspecified atom stereocenters. The Morgan fingerprint density at radius 2 is 2.00 bits per heavy atom. The predicted octanol–water partition coefficient (Wildman–Crippen LogP) is 3.47. The minimum Gasteiger partial charge on any atom is -0.473 e. The highest BCUT2D eigenvalue weighted by molar-refractivity contribution is 6.35. The van der Waals surface area contributed by atoms with Gasteiger partial charge in [0.15, 0.2) is 0 Å². The standard InChI is InChI=1S/C16H15Cl2N3O2/c17-11-3-4-14(18)13(10-11)16(22)21-8-5-12(6-9-21)23-15-2-1-7-19-20-15/h1-4,7,10,12H,5-6,8-9H2. The first-order valence-electron chi connectivity index (χ1n) is 7.32. The summed E-state index contributed by atoms with van der Waals surface area (Å²) < 4.78 is 5.77. The van der Waals surface area contributed by atoms with Crippen molar-refractivity contribution in [3.8, 4) is 5.88 Å². The lowest BCUT2D eigenvalue weighted by Crippen LogP contribution is -2.42. The molecule has 120 valence electrons. The van der Waals surface area contributed by atoms with Crippen LogP contribution in [0.4, 0.5) is 0 Å². The van der Waals surface area contributed by atoms with E-state index in [0.717, 1.165) is 12.8 Å². The number of benzene rings is 1. The number of rotatable bonds is 3. The second-order valence-electron chi connectivity index (χ2n) is 5.30. The second kappa shape index (κ2) is 7.15. The lowest BCUT2D eigenvalue weighted by Gasteiger charge is -2.32. The summed E-state index contributed by atoms with van der Waals surface area (Å²) in [5.74, 6) is 0.408. The zero-order valence-electron chi connectivity index (χ0n) is 12.3. The largest absolute Gasteiger partial charge is 0.473 e. The Morgan fingerprint density at radius 1 is 1.22 bits per heavy atom. The van der Waals surface area contributed by atoms with Gasteiger partial charge in [0.2, 0.25) is 5.88 Å². The summed E-state index contributed by atoms with van der Waals surface area (Å²) in [5.41, 5.74) is 0.437. The highest BCUT2D eigenvalue weighted by Crippen LogP contribution is 2.24. The van der Waals surface area contributed by atoms with Gasteiger partial charge in [-0.05, 0) is 24.3 Å². The van der Waals surface area contributed by atoms with Crippen molar-refractivity contribution in [1.29, 1.82) is 0 Å². The molecule has 3 rings (SSSR count). The molecule has 0 atom stereocenters. The molecular formula is C16H15Cl2N3O2. The third-order valence-electron chi connectivity index (χ3n) is 3.72. The summed E-state index contributed by atoms with van der Waals surface area (Å²) in [6.45, 7) is 1.21. The van der Waals surface area contributed by atoms with E-state index in [1.54, 1.807) is 41.4 Å². The summed E-state index contributed by atoms with van der Waals surface area (Å²) in [6, 6.07) is 8.47. The molecule has 1 amide bonds. The van der Waals surface area contributed by atoms with Crippen molar-refractivity contribution >= 4 is 29.1 Å². The van der Waals surface area contributed by atoms with Gasteiger partial charge in [-0.25, -0.2) is 0 Å². The van der Waals surface area contributed by atoms with Gasteiger partial charge in [-0.1, -0.05) is 23.2 Å². The van der Waals surface area contributed by atoms with Crippen LogP contribution >= 0.6 is 23.2 Å². The quantitative estimate of drug-likeness (QED) is 0.849. The maximum Gasteiger partial charge on any atom is 0.255 e. The summed E-state index contributed by atoms with van der Waals surface area (Å²) in [6.07, 6.45) is 3.11. The van der Waals surface area contributed by atoms with E-state index >= 15 is 0 Å². The first-order chi connectivity index (χ1) is 11.1. The van der Waals surface area contributed by atoms with Crippen LogP contribution in [0, 0.1) is 0 Å². The molecule has 5 nitrogen and oxygen atoms in total. The molecule has 0 aliphatic carbocycles. The zero-order valence-corrected chi connectivity index (χ0v) is 13.8. The topological polar surface area (TPSA) is 55.3 Å². The number of hydrogen-bond donors (Lipinski definition) is 0. The van der Waals surface area contributed by atoms with Crippen molar-refractivity contribution in [2.75, 3.05) is 13.1 Å². The monoisotopic (exact) mass is 351 g/mol. The van der Waals surface area contributed by atoms with Gasteiger partial charge in [0, 0.05) is 43.2 Å². The average Bonchev–Trinajstić information content (AvgIpc) is 2.58. The molecule has 1 aliphatic rings. The van der Waals surface area contributed by atoms with Crippen molar-refractivity contribution in [2.45, 2.75) is 18.9 Å². The second-order valence-corrected chi connectivity index (χ2v) is 6.14. The molecule has 1 fully saturated rings. The fourth-order valence-electron chi connectivity index (χ4n) is 2.53. The Labute approximate surface area is 144 Å². The first kappa shape index (κ1) is 16.0. The van der Waals surface area contributed by atoms with Crippen LogP contribution in [0.5, 0.6) is 5.88 Å². The zero-order chi connectivity index (χ0) is 16.2. The van der Waals surface area contributed by atoms with E-state index in [-0.39, 0.29) is 12.0 Å². The molecule has 1 saturated heterocycles. The van der Waals surface area contributed by atoms with Gasteiger partial charge < -0.3 is 9.64 Å². The fourth-order valence-corrected chi connectivity index (χ4v) is 2.90. The van der Waals surface area contributed by atoms with Gasteiger partial charge in [-0.3, -0.25) is 4.79 Å². The number of nitrogens with zero attached hydrogens (tertiary/aromatic N) is 3. The van der Waals surface area contributed by atoms with E-state index in [9.17, 15) is 4.79 Å². The Hall–Kier alpha value is -1.85. The number of halogens is 2. The molecule has 2 heterocycles. The molecule has 0 bridgehead atoms. The average molecular weight is 352 g/mol. The number of aromatic nitrogens is 2. The van der Waals surface area contributed by atoms with Crippen LogP contribution in [0.25, 0.3) is 0 Å². The van der Waals surface area contributed by atoms with Crippen molar-refractivity contribution in [2.24, 2.45) is 0 Å². The lowest BCUT2D eigenvalue weighted by molar-refractivity contribution is 0.0586. The fraction of sp³-hybridized carbons (Fsp3) is 0.312. The molecule has 0 radical (unpaired) electrons. The van der Waals surface area contributed by atoms with E-state index in [4.69, 9.17) is 27.9 Å². The summed E-state index contributed by atoms with van der Waals surface area (Å²) in [7, 11) is 0. The van der Waals surface area contributed by atoms with Gasteiger partial charge in [-0.15, -0.1) is 5.10 Å². The molecule has 0 saturated carbocycles. The van der Waals surface area contributed by atoms with Crippen LogP contribution in [-0.4, -0.2) is 40.2 Å². The smallest absolute Gasteiger partial charge is 0.255 e. The molecule has 2 aromatic rings. The molecule has 7 heteroatoms. The number of likely N-dealkylation sites (tertiary alicyclic amines) is 1. The van der Waals surface area contributed by atoms with E-state index in [0.29, 0.717) is 34.6 Å². The summed E-state index contributed by atoms with van der Waals surface area (Å²) >= 11 is 12.1. The van der Waals surface area contributed by atoms with Crippen LogP contribution in [0.2, 0.25) is 10.0 Å². The third-order valence-corrected chi connectivity index (χ3v) is 4.29. The Balaban J connectivity index is 1.60. The molecule has 1 aliphatic heterocycles. The number of hydrogen-bond acceptors (Lipinski definition) is 4. The van der Waals surface area contributed by atoms with E-state index in [2.05, 4.69) is 10.2 Å². The number of amides is 1. The van der Waals surface area contributed by atoms with Crippen molar-refractivity contribution in [1.82, 2.24) is 15.1 Å². The van der Waals surface area contributed by atoms with Gasteiger partial charge in [0.25, 0.3) is 5.91 Å². The predicted molar refractivity (Wildman–Crippen MR) is 88.0 cm³/mol. The van der Waals surface area contributed by atoms with Crippen molar-refractivity contribution in [3.63, 3.8) is 0 Å². The van der Waals surface area contributed by atoms with Gasteiger partial charge in [0.1, 0.15) is 6.10 Å². The Bertz CT molecular complexity index is 689. The number of carbonyl (C=O) groups excluding carboxylic acids is 1. The van der Waals surface area contributed by atoms with Gasteiger partial charge >= 0.3 is 0 Å². The van der Waals surface area contributed by atoms with Crippen molar-refractivity contribution in [3.05, 3.63) is 52.1 Å². The minimum atomic E-state index is -0.101. The first-order valence-corrected chi connectivity index (χ1v) is 8.08. The lowest BCUT2D eigenvalue weighted by atomic mass is 10.1. The van der Waals surface area contributed by atoms with Crippen molar-refractivity contribution < 1.29 is 9.53 Å². The van der Waals surface area contributed by atoms with Gasteiger partial charge in [0.05, 0.1) is 10.6 Å². The molecule has 0 spiro atoms. The van der Waals surface area contributed by atoms with E-state index in [1.807, 2.05) is 0 Å². The minimum absolute atomic E-state index is 0.0329. The molecule has 23 heavy (non-hydrogen) atoms. The maximum absolute atomic E-state index is 12.6. The molecular weight excluding hydrogens is 337 g/mol. The van der Waals surface area contributed by atoms with Crippen LogP contribution in [0.3, 0.4) is 0 Å². The van der Waals surface area contributed by atoms with Crippen LogP contribution in [0.1, 0.15) is 23.2 Å². The van der Waals surface area contributed by atoms with E-state index < -0.39 is 0 Å². The normalized spacial score (nSPS) is 15.5. The SMILES string of the molecule is O=C(c1cc(Cl)ccc1Cl)N1CCC(Oc2cccnn2)CC1. The number of piperidine rings is 1. The van der Waals surface area contributed by atoms with E-state index in [1.165, 1.54) is 0 Å². The van der Waals surface area contributed by atoms with Crippen LogP contribution in [0.15, 0.2) is 36.5 Å².